The van der Waals surface area contributed by atoms with Crippen LogP contribution in [-0.4, -0.2) is 38.3 Å². The van der Waals surface area contributed by atoms with Crippen LogP contribution in [-0.2, 0) is 16.6 Å². The first-order valence-electron chi connectivity index (χ1n) is 9.87. The van der Waals surface area contributed by atoms with Crippen LogP contribution in [0.25, 0.3) is 0 Å². The molecule has 1 N–H and O–H groups in total. The maximum atomic E-state index is 13.3. The molecular formula is C22H28N2O4S. The van der Waals surface area contributed by atoms with Gasteiger partial charge in [-0.2, -0.15) is 4.31 Å². The standard InChI is InChI=1S/C22H28N2O4S/c1-16-8-4-5-10-19(16)15-23-22(25)18-11-12-20(28-3)21(14-18)29(26,27)24-13-7-6-9-17(24)2/h4-5,8,10-12,14,17H,6-7,9,13,15H2,1-3H3,(H,23,25)/t17-/m1/s1. The monoisotopic (exact) mass is 416 g/mol. The van der Waals surface area contributed by atoms with Gasteiger partial charge in [0, 0.05) is 24.7 Å². The second-order valence-corrected chi connectivity index (χ2v) is 9.29. The first-order valence-corrected chi connectivity index (χ1v) is 11.3. The van der Waals surface area contributed by atoms with Crippen molar-refractivity contribution in [1.82, 2.24) is 9.62 Å². The lowest BCUT2D eigenvalue weighted by Crippen LogP contribution is -2.42. The van der Waals surface area contributed by atoms with E-state index < -0.39 is 10.0 Å². The minimum absolute atomic E-state index is 0.0392. The van der Waals surface area contributed by atoms with Crippen molar-refractivity contribution >= 4 is 15.9 Å². The number of carbonyl (C=O) groups excluding carboxylic acids is 1. The van der Waals surface area contributed by atoms with Gasteiger partial charge >= 0.3 is 0 Å². The van der Waals surface area contributed by atoms with Gasteiger partial charge in [-0.3, -0.25) is 4.79 Å². The van der Waals surface area contributed by atoms with Crippen molar-refractivity contribution in [3.8, 4) is 5.75 Å². The molecule has 0 aliphatic carbocycles. The Morgan fingerprint density at radius 1 is 1.21 bits per heavy atom. The number of sulfonamides is 1. The van der Waals surface area contributed by atoms with Gasteiger partial charge in [0.15, 0.2) is 0 Å². The number of benzene rings is 2. The van der Waals surface area contributed by atoms with Gasteiger partial charge in [0.2, 0.25) is 10.0 Å². The average molecular weight is 417 g/mol. The number of carbonyl (C=O) groups is 1. The minimum Gasteiger partial charge on any atom is -0.495 e. The van der Waals surface area contributed by atoms with Gasteiger partial charge in [-0.15, -0.1) is 0 Å². The fourth-order valence-electron chi connectivity index (χ4n) is 3.66. The smallest absolute Gasteiger partial charge is 0.251 e. The van der Waals surface area contributed by atoms with Crippen molar-refractivity contribution in [2.75, 3.05) is 13.7 Å². The highest BCUT2D eigenvalue weighted by molar-refractivity contribution is 7.89. The van der Waals surface area contributed by atoms with Crippen molar-refractivity contribution in [3.05, 3.63) is 59.2 Å². The van der Waals surface area contributed by atoms with Crippen LogP contribution in [0.5, 0.6) is 5.75 Å². The summed E-state index contributed by atoms with van der Waals surface area (Å²) < 4.78 is 33.4. The van der Waals surface area contributed by atoms with Gasteiger partial charge in [-0.25, -0.2) is 8.42 Å². The average Bonchev–Trinajstić information content (AvgIpc) is 2.72. The Bertz CT molecular complexity index is 988. The zero-order chi connectivity index (χ0) is 21.0. The summed E-state index contributed by atoms with van der Waals surface area (Å²) >= 11 is 0. The van der Waals surface area contributed by atoms with Crippen molar-refractivity contribution in [3.63, 3.8) is 0 Å². The predicted octanol–water partition coefficient (Wildman–Crippen LogP) is 3.50. The molecule has 2 aromatic rings. The summed E-state index contributed by atoms with van der Waals surface area (Å²) in [6, 6.07) is 12.3. The van der Waals surface area contributed by atoms with E-state index in [1.54, 1.807) is 12.1 Å². The number of nitrogens with one attached hydrogen (secondary N) is 1. The van der Waals surface area contributed by atoms with Crippen molar-refractivity contribution in [2.24, 2.45) is 0 Å². The van der Waals surface area contributed by atoms with Gasteiger partial charge in [0.05, 0.1) is 7.11 Å². The minimum atomic E-state index is -3.76. The van der Waals surface area contributed by atoms with E-state index in [2.05, 4.69) is 5.32 Å². The SMILES string of the molecule is COc1ccc(C(=O)NCc2ccccc2C)cc1S(=O)(=O)N1CCCC[C@H]1C. The van der Waals surface area contributed by atoms with Gasteiger partial charge in [-0.1, -0.05) is 30.7 Å². The number of rotatable bonds is 6. The molecule has 0 spiro atoms. The summed E-state index contributed by atoms with van der Waals surface area (Å²) in [6.45, 7) is 4.76. The molecule has 1 aliphatic rings. The third-order valence-electron chi connectivity index (χ3n) is 5.46. The number of hydrogen-bond donors (Lipinski definition) is 1. The maximum absolute atomic E-state index is 13.3. The Balaban J connectivity index is 1.86. The molecule has 156 valence electrons. The number of nitrogens with zero attached hydrogens (tertiary/aromatic N) is 1. The van der Waals surface area contributed by atoms with E-state index >= 15 is 0 Å². The third kappa shape index (κ3) is 4.62. The van der Waals surface area contributed by atoms with Crippen LogP contribution in [0.15, 0.2) is 47.4 Å². The van der Waals surface area contributed by atoms with Crippen LogP contribution in [0.4, 0.5) is 0 Å². The second kappa shape index (κ2) is 8.97. The Morgan fingerprint density at radius 2 is 1.97 bits per heavy atom. The molecule has 1 amide bonds. The highest BCUT2D eigenvalue weighted by atomic mass is 32.2. The fraction of sp³-hybridized carbons (Fsp3) is 0.409. The highest BCUT2D eigenvalue weighted by Crippen LogP contribution is 2.31. The summed E-state index contributed by atoms with van der Waals surface area (Å²) in [4.78, 5) is 12.7. The van der Waals surface area contributed by atoms with E-state index in [0.29, 0.717) is 18.7 Å². The quantitative estimate of drug-likeness (QED) is 0.782. The molecule has 0 aromatic heterocycles. The van der Waals surface area contributed by atoms with E-state index in [1.807, 2.05) is 38.1 Å². The van der Waals surface area contributed by atoms with Gasteiger partial charge in [0.25, 0.3) is 5.91 Å². The summed E-state index contributed by atoms with van der Waals surface area (Å²) in [5.41, 5.74) is 2.40. The van der Waals surface area contributed by atoms with Crippen molar-refractivity contribution < 1.29 is 17.9 Å². The second-order valence-electron chi connectivity index (χ2n) is 7.44. The van der Waals surface area contributed by atoms with Gasteiger partial charge < -0.3 is 10.1 Å². The summed E-state index contributed by atoms with van der Waals surface area (Å²) in [5, 5.41) is 2.87. The van der Waals surface area contributed by atoms with Crippen LogP contribution in [0.2, 0.25) is 0 Å². The van der Waals surface area contributed by atoms with E-state index in [-0.39, 0.29) is 22.6 Å². The number of ether oxygens (including phenoxy) is 1. The Morgan fingerprint density at radius 3 is 2.66 bits per heavy atom. The zero-order valence-electron chi connectivity index (χ0n) is 17.1. The maximum Gasteiger partial charge on any atom is 0.251 e. The fourth-order valence-corrected chi connectivity index (χ4v) is 5.54. The molecule has 0 radical (unpaired) electrons. The molecule has 0 unspecified atom stereocenters. The molecule has 2 aromatic carbocycles. The molecule has 6 nitrogen and oxygen atoms in total. The summed E-state index contributed by atoms with van der Waals surface area (Å²) in [6.07, 6.45) is 2.69. The van der Waals surface area contributed by atoms with Crippen LogP contribution in [0.3, 0.4) is 0 Å². The topological polar surface area (TPSA) is 75.7 Å². The van der Waals surface area contributed by atoms with Crippen LogP contribution < -0.4 is 10.1 Å². The number of piperidine rings is 1. The van der Waals surface area contributed by atoms with E-state index in [4.69, 9.17) is 4.74 Å². The molecule has 1 fully saturated rings. The third-order valence-corrected chi connectivity index (χ3v) is 7.49. The largest absolute Gasteiger partial charge is 0.495 e. The van der Waals surface area contributed by atoms with Gasteiger partial charge in [0.1, 0.15) is 10.6 Å². The number of hydrogen-bond acceptors (Lipinski definition) is 4. The van der Waals surface area contributed by atoms with Crippen molar-refractivity contribution in [2.45, 2.75) is 50.6 Å². The lowest BCUT2D eigenvalue weighted by Gasteiger charge is -2.32. The zero-order valence-corrected chi connectivity index (χ0v) is 18.0. The number of methoxy groups -OCH3 is 1. The molecule has 1 atom stereocenters. The molecule has 29 heavy (non-hydrogen) atoms. The first-order chi connectivity index (χ1) is 13.8. The lowest BCUT2D eigenvalue weighted by atomic mass is 10.1. The molecule has 1 saturated heterocycles. The lowest BCUT2D eigenvalue weighted by molar-refractivity contribution is 0.0950. The van der Waals surface area contributed by atoms with E-state index in [0.717, 1.165) is 30.4 Å². The Labute approximate surface area is 172 Å². The van der Waals surface area contributed by atoms with E-state index in [1.165, 1.54) is 17.5 Å². The Hall–Kier alpha value is -2.38. The normalized spacial score (nSPS) is 17.7. The van der Waals surface area contributed by atoms with Gasteiger partial charge in [-0.05, 0) is 56.0 Å². The summed E-state index contributed by atoms with van der Waals surface area (Å²) in [5.74, 6) is -0.0720. The highest BCUT2D eigenvalue weighted by Gasteiger charge is 2.33. The number of aryl methyl sites for hydroxylation is 1. The van der Waals surface area contributed by atoms with Crippen molar-refractivity contribution in [1.29, 1.82) is 0 Å². The molecule has 1 aliphatic heterocycles. The molecule has 1 heterocycles. The molecule has 3 rings (SSSR count). The Kier molecular flexibility index (Phi) is 6.59. The molecule has 0 saturated carbocycles. The van der Waals surface area contributed by atoms with Crippen LogP contribution >= 0.6 is 0 Å². The molecule has 0 bridgehead atoms. The molecular weight excluding hydrogens is 388 g/mol. The molecule has 7 heteroatoms. The van der Waals surface area contributed by atoms with Crippen LogP contribution in [0.1, 0.15) is 47.7 Å². The summed E-state index contributed by atoms with van der Waals surface area (Å²) in [7, 11) is -2.32. The predicted molar refractivity (Wildman–Crippen MR) is 113 cm³/mol. The number of amides is 1. The van der Waals surface area contributed by atoms with E-state index in [9.17, 15) is 13.2 Å². The first kappa shape index (κ1) is 21.3. The van der Waals surface area contributed by atoms with Crippen LogP contribution in [0, 0.1) is 6.92 Å².